The summed E-state index contributed by atoms with van der Waals surface area (Å²) in [6.45, 7) is 2.05. The van der Waals surface area contributed by atoms with Crippen molar-refractivity contribution in [1.29, 1.82) is 0 Å². The van der Waals surface area contributed by atoms with E-state index >= 15 is 0 Å². The van der Waals surface area contributed by atoms with Crippen LogP contribution < -0.4 is 5.32 Å². The molecule has 0 bridgehead atoms. The fraction of sp³-hybridized carbons (Fsp3) is 0.111. The van der Waals surface area contributed by atoms with E-state index in [9.17, 15) is 4.79 Å². The molecule has 2 aromatic carbocycles. The van der Waals surface area contributed by atoms with Gasteiger partial charge in [0.25, 0.3) is 0 Å². The fourth-order valence-corrected chi connectivity index (χ4v) is 2.90. The van der Waals surface area contributed by atoms with E-state index in [1.165, 1.54) is 17.3 Å². The number of hydrogen-bond acceptors (Lipinski definition) is 3. The summed E-state index contributed by atoms with van der Waals surface area (Å²) >= 11 is 7.19. The van der Waals surface area contributed by atoms with Gasteiger partial charge in [-0.05, 0) is 36.8 Å². The molecule has 6 heteroatoms. The van der Waals surface area contributed by atoms with Crippen molar-refractivity contribution < 1.29 is 4.79 Å². The zero-order chi connectivity index (χ0) is 16.9. The molecule has 0 aliphatic rings. The number of nitrogens with zero attached hydrogens (tertiary/aromatic N) is 1. The van der Waals surface area contributed by atoms with Crippen molar-refractivity contribution in [1.82, 2.24) is 9.97 Å². The fourth-order valence-electron chi connectivity index (χ4n) is 2.12. The van der Waals surface area contributed by atoms with Crippen molar-refractivity contribution in [3.05, 3.63) is 65.3 Å². The zero-order valence-electron chi connectivity index (χ0n) is 13.0. The third-order valence-electron chi connectivity index (χ3n) is 3.38. The number of H-pyrrole nitrogens is 1. The van der Waals surface area contributed by atoms with E-state index in [-0.39, 0.29) is 11.7 Å². The predicted molar refractivity (Wildman–Crippen MR) is 99.6 cm³/mol. The van der Waals surface area contributed by atoms with Gasteiger partial charge in [0, 0.05) is 10.7 Å². The maximum absolute atomic E-state index is 12.0. The number of halogens is 1. The number of anilines is 1. The van der Waals surface area contributed by atoms with Crippen molar-refractivity contribution in [2.75, 3.05) is 11.1 Å². The van der Waals surface area contributed by atoms with Gasteiger partial charge in [0.05, 0.1) is 17.6 Å². The summed E-state index contributed by atoms with van der Waals surface area (Å²) in [6, 6.07) is 15.2. The van der Waals surface area contributed by atoms with Crippen molar-refractivity contribution in [2.45, 2.75) is 12.1 Å². The molecule has 3 rings (SSSR count). The average molecular weight is 358 g/mol. The number of thioether (sulfide) groups is 1. The lowest BCUT2D eigenvalue weighted by Gasteiger charge is -2.04. The van der Waals surface area contributed by atoms with Gasteiger partial charge in [-0.2, -0.15) is 0 Å². The smallest absolute Gasteiger partial charge is 0.234 e. The second-order valence-corrected chi connectivity index (χ2v) is 6.71. The van der Waals surface area contributed by atoms with Crippen LogP contribution in [0.4, 0.5) is 5.69 Å². The number of hydrogen-bond donors (Lipinski definition) is 2. The number of imidazole rings is 1. The van der Waals surface area contributed by atoms with E-state index in [0.717, 1.165) is 22.1 Å². The number of benzene rings is 2. The summed E-state index contributed by atoms with van der Waals surface area (Å²) in [5, 5.41) is 4.18. The first-order valence-electron chi connectivity index (χ1n) is 7.40. The van der Waals surface area contributed by atoms with Gasteiger partial charge in [0.1, 0.15) is 0 Å². The molecule has 0 unspecified atom stereocenters. The van der Waals surface area contributed by atoms with E-state index in [2.05, 4.69) is 34.3 Å². The van der Waals surface area contributed by atoms with Crippen LogP contribution in [-0.4, -0.2) is 21.6 Å². The molecule has 3 aromatic rings. The summed E-state index contributed by atoms with van der Waals surface area (Å²) in [6.07, 6.45) is 1.78. The van der Waals surface area contributed by atoms with Crippen molar-refractivity contribution in [3.63, 3.8) is 0 Å². The average Bonchev–Trinajstić information content (AvgIpc) is 3.05. The topological polar surface area (TPSA) is 57.8 Å². The lowest BCUT2D eigenvalue weighted by atomic mass is 10.1. The molecule has 1 aromatic heterocycles. The molecule has 0 aliphatic heterocycles. The van der Waals surface area contributed by atoms with Crippen LogP contribution in [-0.2, 0) is 4.79 Å². The molecule has 0 radical (unpaired) electrons. The van der Waals surface area contributed by atoms with Crippen LogP contribution in [0.3, 0.4) is 0 Å². The third-order valence-corrected chi connectivity index (χ3v) is 4.52. The summed E-state index contributed by atoms with van der Waals surface area (Å²) in [7, 11) is 0. The number of nitrogens with one attached hydrogen (secondary N) is 2. The van der Waals surface area contributed by atoms with Gasteiger partial charge >= 0.3 is 0 Å². The summed E-state index contributed by atoms with van der Waals surface area (Å²) in [5.41, 5.74) is 3.96. The molecule has 1 amide bonds. The number of rotatable bonds is 5. The minimum absolute atomic E-state index is 0.0874. The molecule has 2 N–H and O–H groups in total. The Morgan fingerprint density at radius 1 is 1.17 bits per heavy atom. The second kappa shape index (κ2) is 7.55. The zero-order valence-corrected chi connectivity index (χ0v) is 14.6. The van der Waals surface area contributed by atoms with Crippen LogP contribution in [0.25, 0.3) is 11.3 Å². The van der Waals surface area contributed by atoms with Gasteiger partial charge < -0.3 is 10.3 Å². The number of amides is 1. The van der Waals surface area contributed by atoms with Gasteiger partial charge in [-0.3, -0.25) is 4.79 Å². The largest absolute Gasteiger partial charge is 0.333 e. The quantitative estimate of drug-likeness (QED) is 0.647. The lowest BCUT2D eigenvalue weighted by Crippen LogP contribution is -2.13. The highest BCUT2D eigenvalue weighted by atomic mass is 35.5. The monoisotopic (exact) mass is 357 g/mol. The van der Waals surface area contributed by atoms with Crippen molar-refractivity contribution in [3.8, 4) is 11.3 Å². The van der Waals surface area contributed by atoms with Crippen LogP contribution in [0.2, 0.25) is 5.02 Å². The summed E-state index contributed by atoms with van der Waals surface area (Å²) in [5.74, 6) is 0.194. The highest BCUT2D eigenvalue weighted by Crippen LogP contribution is 2.22. The normalized spacial score (nSPS) is 10.6. The molecule has 0 aliphatic carbocycles. The van der Waals surface area contributed by atoms with Gasteiger partial charge in [-0.25, -0.2) is 4.98 Å². The third kappa shape index (κ3) is 4.40. The van der Waals surface area contributed by atoms with Crippen LogP contribution in [0.15, 0.2) is 59.9 Å². The van der Waals surface area contributed by atoms with Crippen LogP contribution in [0, 0.1) is 6.92 Å². The SMILES string of the molecule is Cc1ccc(-c2cnc(SCC(=O)Nc3ccc(Cl)cc3)[nH]2)cc1. The minimum Gasteiger partial charge on any atom is -0.333 e. The molecule has 0 atom stereocenters. The number of aromatic nitrogens is 2. The number of carbonyl (C=O) groups excluding carboxylic acids is 1. The molecule has 24 heavy (non-hydrogen) atoms. The van der Waals surface area contributed by atoms with Crippen molar-refractivity contribution in [2.24, 2.45) is 0 Å². The Balaban J connectivity index is 1.56. The van der Waals surface area contributed by atoms with Crippen LogP contribution in [0.5, 0.6) is 0 Å². The Morgan fingerprint density at radius 2 is 1.88 bits per heavy atom. The second-order valence-electron chi connectivity index (χ2n) is 5.31. The first kappa shape index (κ1) is 16.6. The van der Waals surface area contributed by atoms with E-state index in [0.29, 0.717) is 5.02 Å². The molecule has 0 saturated heterocycles. The highest BCUT2D eigenvalue weighted by Gasteiger charge is 2.07. The predicted octanol–water partition coefficient (Wildman–Crippen LogP) is 4.77. The maximum atomic E-state index is 12.0. The van der Waals surface area contributed by atoms with E-state index in [1.807, 2.05) is 12.1 Å². The van der Waals surface area contributed by atoms with Gasteiger partial charge in [-0.15, -0.1) is 0 Å². The van der Waals surface area contributed by atoms with Crippen LogP contribution >= 0.6 is 23.4 Å². The van der Waals surface area contributed by atoms with Gasteiger partial charge in [0.2, 0.25) is 5.91 Å². The van der Waals surface area contributed by atoms with Crippen molar-refractivity contribution >= 4 is 35.0 Å². The molecule has 0 saturated carbocycles. The minimum atomic E-state index is -0.0874. The molecule has 0 spiro atoms. The summed E-state index contributed by atoms with van der Waals surface area (Å²) in [4.78, 5) is 19.5. The van der Waals surface area contributed by atoms with E-state index < -0.39 is 0 Å². The first-order chi connectivity index (χ1) is 11.6. The highest BCUT2D eigenvalue weighted by molar-refractivity contribution is 7.99. The Bertz CT molecular complexity index is 828. The summed E-state index contributed by atoms with van der Waals surface area (Å²) < 4.78 is 0. The molecular weight excluding hydrogens is 342 g/mol. The van der Waals surface area contributed by atoms with Gasteiger partial charge in [-0.1, -0.05) is 53.2 Å². The molecular formula is C18H16ClN3OS. The maximum Gasteiger partial charge on any atom is 0.234 e. The Morgan fingerprint density at radius 3 is 2.58 bits per heavy atom. The Hall–Kier alpha value is -2.24. The standard InChI is InChI=1S/C18H16ClN3OS/c1-12-2-4-13(5-3-12)16-10-20-18(22-16)24-11-17(23)21-15-8-6-14(19)7-9-15/h2-10H,11H2,1H3,(H,20,22)(H,21,23). The molecule has 122 valence electrons. The first-order valence-corrected chi connectivity index (χ1v) is 8.77. The number of aromatic amines is 1. The number of aryl methyl sites for hydroxylation is 1. The van der Waals surface area contributed by atoms with Crippen LogP contribution in [0.1, 0.15) is 5.56 Å². The van der Waals surface area contributed by atoms with Gasteiger partial charge in [0.15, 0.2) is 5.16 Å². The molecule has 1 heterocycles. The lowest BCUT2D eigenvalue weighted by molar-refractivity contribution is -0.113. The van der Waals surface area contributed by atoms with E-state index in [1.54, 1.807) is 30.5 Å². The molecule has 0 fully saturated rings. The Labute approximate surface area is 149 Å². The number of carbonyl (C=O) groups is 1. The van der Waals surface area contributed by atoms with E-state index in [4.69, 9.17) is 11.6 Å². The molecule has 4 nitrogen and oxygen atoms in total. The Kier molecular flexibility index (Phi) is 5.23.